The molecule has 0 unspecified atom stereocenters. The van der Waals surface area contributed by atoms with Gasteiger partial charge in [-0.05, 0) is 48.6 Å². The Labute approximate surface area is 182 Å². The number of benzene rings is 2. The first-order chi connectivity index (χ1) is 15.0. The predicted molar refractivity (Wildman–Crippen MR) is 115 cm³/mol. The molecule has 0 N–H and O–H groups in total. The number of methoxy groups -OCH3 is 2. The second-order valence-corrected chi connectivity index (χ2v) is 7.40. The molecule has 0 radical (unpaired) electrons. The molecule has 7 heteroatoms. The van der Waals surface area contributed by atoms with Crippen LogP contribution in [-0.4, -0.2) is 36.8 Å². The minimum absolute atomic E-state index is 0.0975. The lowest BCUT2D eigenvalue weighted by atomic mass is 9.97. The molecule has 0 spiro atoms. The Morgan fingerprint density at radius 3 is 2.39 bits per heavy atom. The number of carbonyl (C=O) groups excluding carboxylic acids is 2. The van der Waals surface area contributed by atoms with Gasteiger partial charge >= 0.3 is 0 Å². The highest BCUT2D eigenvalue weighted by atomic mass is 16.5. The lowest BCUT2D eigenvalue weighted by Crippen LogP contribution is -2.28. The SMILES string of the molecule is CCc1ccc([C@H]2CC(c3ccc(OC)c(OC)c3)=NN2C(=O)CCCC(=O)[O-])cc1. The fourth-order valence-corrected chi connectivity index (χ4v) is 3.66. The molecule has 0 fully saturated rings. The maximum atomic E-state index is 12.9. The van der Waals surface area contributed by atoms with Crippen molar-refractivity contribution in [1.29, 1.82) is 0 Å². The maximum Gasteiger partial charge on any atom is 0.243 e. The highest BCUT2D eigenvalue weighted by molar-refractivity contribution is 6.03. The van der Waals surface area contributed by atoms with E-state index in [2.05, 4.69) is 24.2 Å². The Kier molecular flexibility index (Phi) is 7.28. The standard InChI is InChI=1S/C24H28N2O5/c1-4-16-8-10-17(11-9-16)20-15-19(18-12-13-21(30-2)22(14-18)31-3)25-26(20)23(27)6-5-7-24(28)29/h8-14,20H,4-7,15H2,1-3H3,(H,28,29)/p-1/t20-/m1/s1. The minimum atomic E-state index is -1.16. The summed E-state index contributed by atoms with van der Waals surface area (Å²) in [6.45, 7) is 2.09. The van der Waals surface area contributed by atoms with Crippen molar-refractivity contribution in [1.82, 2.24) is 5.01 Å². The van der Waals surface area contributed by atoms with Gasteiger partial charge in [0.1, 0.15) is 0 Å². The Morgan fingerprint density at radius 2 is 1.77 bits per heavy atom. The van der Waals surface area contributed by atoms with Crippen LogP contribution in [0.2, 0.25) is 0 Å². The third kappa shape index (κ3) is 5.23. The number of hydrazone groups is 1. The second-order valence-electron chi connectivity index (χ2n) is 7.40. The lowest BCUT2D eigenvalue weighted by Gasteiger charge is -2.22. The summed E-state index contributed by atoms with van der Waals surface area (Å²) in [6, 6.07) is 13.5. The molecular weight excluding hydrogens is 396 g/mol. The first kappa shape index (κ1) is 22.3. The molecule has 3 rings (SSSR count). The molecule has 1 atom stereocenters. The van der Waals surface area contributed by atoms with Crippen molar-refractivity contribution >= 4 is 17.6 Å². The fourth-order valence-electron chi connectivity index (χ4n) is 3.66. The van der Waals surface area contributed by atoms with E-state index in [0.29, 0.717) is 17.9 Å². The normalized spacial score (nSPS) is 15.5. The van der Waals surface area contributed by atoms with Crippen LogP contribution in [0.4, 0.5) is 0 Å². The van der Waals surface area contributed by atoms with Gasteiger partial charge in [-0.25, -0.2) is 5.01 Å². The average Bonchev–Trinajstić information content (AvgIpc) is 3.24. The second kappa shape index (κ2) is 10.1. The highest BCUT2D eigenvalue weighted by Crippen LogP contribution is 2.36. The molecule has 164 valence electrons. The summed E-state index contributed by atoms with van der Waals surface area (Å²) in [5.41, 5.74) is 3.82. The Bertz CT molecular complexity index is 968. The zero-order chi connectivity index (χ0) is 22.4. The van der Waals surface area contributed by atoms with Gasteiger partial charge in [-0.1, -0.05) is 31.2 Å². The molecule has 0 bridgehead atoms. The Hall–Kier alpha value is -3.35. The van der Waals surface area contributed by atoms with E-state index in [1.54, 1.807) is 14.2 Å². The molecule has 7 nitrogen and oxygen atoms in total. The first-order valence-corrected chi connectivity index (χ1v) is 10.4. The predicted octanol–water partition coefficient (Wildman–Crippen LogP) is 2.86. The van der Waals surface area contributed by atoms with Gasteiger partial charge in [0.25, 0.3) is 0 Å². The third-order valence-corrected chi connectivity index (χ3v) is 5.43. The zero-order valence-corrected chi connectivity index (χ0v) is 18.1. The summed E-state index contributed by atoms with van der Waals surface area (Å²) in [6.07, 6.45) is 1.65. The van der Waals surface area contributed by atoms with Crippen LogP contribution < -0.4 is 14.6 Å². The smallest absolute Gasteiger partial charge is 0.243 e. The van der Waals surface area contributed by atoms with Crippen molar-refractivity contribution in [3.63, 3.8) is 0 Å². The van der Waals surface area contributed by atoms with E-state index in [1.807, 2.05) is 30.3 Å². The summed E-state index contributed by atoms with van der Waals surface area (Å²) in [5.74, 6) is -0.159. The van der Waals surface area contributed by atoms with Gasteiger partial charge < -0.3 is 19.4 Å². The molecule has 2 aromatic carbocycles. The highest BCUT2D eigenvalue weighted by Gasteiger charge is 2.33. The number of rotatable bonds is 9. The van der Waals surface area contributed by atoms with E-state index in [9.17, 15) is 14.7 Å². The van der Waals surface area contributed by atoms with E-state index in [0.717, 1.165) is 23.3 Å². The van der Waals surface area contributed by atoms with Crippen LogP contribution >= 0.6 is 0 Å². The van der Waals surface area contributed by atoms with Gasteiger partial charge in [-0.3, -0.25) is 4.79 Å². The van der Waals surface area contributed by atoms with Gasteiger partial charge in [0.2, 0.25) is 5.91 Å². The average molecular weight is 423 g/mol. The van der Waals surface area contributed by atoms with Crippen molar-refractivity contribution in [2.24, 2.45) is 5.10 Å². The van der Waals surface area contributed by atoms with Crippen LogP contribution in [0.25, 0.3) is 0 Å². The van der Waals surface area contributed by atoms with Crippen LogP contribution in [0.1, 0.15) is 55.3 Å². The van der Waals surface area contributed by atoms with E-state index in [-0.39, 0.29) is 31.2 Å². The van der Waals surface area contributed by atoms with Crippen molar-refractivity contribution < 1.29 is 24.2 Å². The number of carboxylic acids is 1. The summed E-state index contributed by atoms with van der Waals surface area (Å²) >= 11 is 0. The van der Waals surface area contributed by atoms with Crippen LogP contribution in [0, 0.1) is 0 Å². The van der Waals surface area contributed by atoms with Crippen molar-refractivity contribution in [2.75, 3.05) is 14.2 Å². The lowest BCUT2D eigenvalue weighted by molar-refractivity contribution is -0.305. The number of carbonyl (C=O) groups is 2. The van der Waals surface area contributed by atoms with Gasteiger partial charge in [-0.2, -0.15) is 5.10 Å². The number of hydrogen-bond donors (Lipinski definition) is 0. The topological polar surface area (TPSA) is 91.3 Å². The summed E-state index contributed by atoms with van der Waals surface area (Å²) in [7, 11) is 3.15. The molecule has 0 aliphatic carbocycles. The molecular formula is C24H27N2O5-. The fraction of sp³-hybridized carbons (Fsp3) is 0.375. The Balaban J connectivity index is 1.90. The van der Waals surface area contributed by atoms with Crippen molar-refractivity contribution in [2.45, 2.75) is 45.1 Å². The van der Waals surface area contributed by atoms with Crippen molar-refractivity contribution in [3.8, 4) is 11.5 Å². The minimum Gasteiger partial charge on any atom is -0.550 e. The Morgan fingerprint density at radius 1 is 1.06 bits per heavy atom. The van der Waals surface area contributed by atoms with E-state index in [4.69, 9.17) is 9.47 Å². The van der Waals surface area contributed by atoms with Crippen molar-refractivity contribution in [3.05, 3.63) is 59.2 Å². The molecule has 1 amide bonds. The monoisotopic (exact) mass is 423 g/mol. The molecule has 0 saturated carbocycles. The van der Waals surface area contributed by atoms with Gasteiger partial charge in [0, 0.05) is 24.4 Å². The molecule has 0 aromatic heterocycles. The van der Waals surface area contributed by atoms with Gasteiger partial charge in [-0.15, -0.1) is 0 Å². The van der Waals surface area contributed by atoms with Gasteiger partial charge in [0.15, 0.2) is 11.5 Å². The largest absolute Gasteiger partial charge is 0.550 e. The maximum absolute atomic E-state index is 12.9. The number of amides is 1. The van der Waals surface area contributed by atoms with E-state index >= 15 is 0 Å². The number of aryl methyl sites for hydroxylation is 1. The number of ether oxygens (including phenoxy) is 2. The van der Waals surface area contributed by atoms with E-state index < -0.39 is 5.97 Å². The first-order valence-electron chi connectivity index (χ1n) is 10.4. The summed E-state index contributed by atoms with van der Waals surface area (Å²) < 4.78 is 10.7. The van der Waals surface area contributed by atoms with Crippen LogP contribution in [-0.2, 0) is 16.0 Å². The van der Waals surface area contributed by atoms with Crippen LogP contribution in [0.5, 0.6) is 11.5 Å². The zero-order valence-electron chi connectivity index (χ0n) is 18.1. The number of aliphatic carboxylic acids is 1. The van der Waals surface area contributed by atoms with Crippen LogP contribution in [0.3, 0.4) is 0 Å². The summed E-state index contributed by atoms with van der Waals surface area (Å²) in [5, 5.41) is 16.8. The molecule has 1 aliphatic rings. The molecule has 0 saturated heterocycles. The molecule has 31 heavy (non-hydrogen) atoms. The van der Waals surface area contributed by atoms with Gasteiger partial charge in [0.05, 0.1) is 26.0 Å². The number of nitrogens with zero attached hydrogens (tertiary/aromatic N) is 2. The summed E-state index contributed by atoms with van der Waals surface area (Å²) in [4.78, 5) is 23.6. The quantitative estimate of drug-likeness (QED) is 0.619. The third-order valence-electron chi connectivity index (χ3n) is 5.43. The molecule has 1 aliphatic heterocycles. The van der Waals surface area contributed by atoms with Crippen LogP contribution in [0.15, 0.2) is 47.6 Å². The molecule has 2 aromatic rings. The molecule has 1 heterocycles. The van der Waals surface area contributed by atoms with E-state index in [1.165, 1.54) is 10.6 Å². The number of carboxylic acid groups (broad SMARTS) is 1. The number of hydrogen-bond acceptors (Lipinski definition) is 6.